The summed E-state index contributed by atoms with van der Waals surface area (Å²) >= 11 is 1.68. The van der Waals surface area contributed by atoms with Crippen molar-refractivity contribution in [3.63, 3.8) is 0 Å². The van der Waals surface area contributed by atoms with Gasteiger partial charge in [-0.25, -0.2) is 0 Å². The van der Waals surface area contributed by atoms with Crippen LogP contribution >= 0.6 is 20.2 Å². The van der Waals surface area contributed by atoms with E-state index in [2.05, 4.69) is 13.8 Å². The topological polar surface area (TPSA) is 43.4 Å². The summed E-state index contributed by atoms with van der Waals surface area (Å²) in [6.45, 7) is 7.91. The Morgan fingerprint density at radius 3 is 2.43 bits per heavy atom. The van der Waals surface area contributed by atoms with Gasteiger partial charge in [0.15, 0.2) is 8.46 Å². The van der Waals surface area contributed by atoms with Crippen LogP contribution in [0, 0.1) is 11.8 Å². The molecule has 0 heterocycles. The summed E-state index contributed by atoms with van der Waals surface area (Å²) in [5, 5.41) is -0.994. The van der Waals surface area contributed by atoms with Gasteiger partial charge in [0, 0.05) is 10.6 Å². The van der Waals surface area contributed by atoms with Crippen LogP contribution in [0.2, 0.25) is 0 Å². The maximum Gasteiger partial charge on any atom is 0.323 e. The molecule has 0 radical (unpaired) electrons. The highest BCUT2D eigenvalue weighted by atomic mass is 32.2. The number of carbonyl (C=O) groups excluding carboxylic acids is 1. The summed E-state index contributed by atoms with van der Waals surface area (Å²) < 4.78 is 16.8. The molecule has 0 aliphatic carbocycles. The molecule has 0 amide bonds. The van der Waals surface area contributed by atoms with E-state index < -0.39 is 5.16 Å². The van der Waals surface area contributed by atoms with Crippen LogP contribution in [0.5, 0.6) is 0 Å². The van der Waals surface area contributed by atoms with Crippen molar-refractivity contribution < 1.29 is 14.1 Å². The molecule has 0 spiro atoms. The molecule has 0 fully saturated rings. The third-order valence-corrected chi connectivity index (χ3v) is 5.60. The molecule has 1 aromatic rings. The van der Waals surface area contributed by atoms with Crippen molar-refractivity contribution >= 4 is 26.2 Å². The summed E-state index contributed by atoms with van der Waals surface area (Å²) in [5.41, 5.74) is 0. The maximum atomic E-state index is 12.2. The van der Waals surface area contributed by atoms with Crippen LogP contribution in [-0.4, -0.2) is 23.5 Å². The van der Waals surface area contributed by atoms with Crippen molar-refractivity contribution in [3.05, 3.63) is 30.3 Å². The molecular weight excluding hydrogens is 303 g/mol. The quantitative estimate of drug-likeness (QED) is 0.396. The number of hydrogen-bond acceptors (Lipinski definition) is 4. The number of hydrogen-bond donors (Lipinski definition) is 0. The van der Waals surface area contributed by atoms with Gasteiger partial charge in [0.25, 0.3) is 0 Å². The Bertz CT molecular complexity index is 464. The van der Waals surface area contributed by atoms with Gasteiger partial charge in [-0.2, -0.15) is 0 Å². The van der Waals surface area contributed by atoms with E-state index in [0.717, 1.165) is 10.6 Å². The molecule has 0 aliphatic heterocycles. The van der Waals surface area contributed by atoms with E-state index in [0.29, 0.717) is 6.61 Å². The lowest BCUT2D eigenvalue weighted by Gasteiger charge is -2.32. The molecule has 0 saturated heterocycles. The molecule has 0 aromatic heterocycles. The van der Waals surface area contributed by atoms with E-state index in [4.69, 9.17) is 4.74 Å². The van der Waals surface area contributed by atoms with Crippen LogP contribution in [0.4, 0.5) is 0 Å². The van der Waals surface area contributed by atoms with Crippen LogP contribution in [0.3, 0.4) is 0 Å². The Kier molecular flexibility index (Phi) is 7.41. The molecule has 0 bridgehead atoms. The van der Waals surface area contributed by atoms with Crippen molar-refractivity contribution in [2.45, 2.75) is 37.7 Å². The molecule has 0 aliphatic rings. The minimum absolute atomic E-state index is 0.0269. The molecule has 1 rings (SSSR count). The van der Waals surface area contributed by atoms with Crippen molar-refractivity contribution in [1.82, 2.24) is 0 Å². The number of thioether (sulfide) groups is 1. The fraction of sp³-hybridized carbons (Fsp3) is 0.562. The smallest absolute Gasteiger partial charge is 0.323 e. The number of benzene rings is 1. The zero-order valence-corrected chi connectivity index (χ0v) is 14.7. The van der Waals surface area contributed by atoms with Gasteiger partial charge in [-0.3, -0.25) is 9.36 Å². The lowest BCUT2D eigenvalue weighted by Crippen LogP contribution is -2.43. The number of ether oxygens (including phenoxy) is 1. The second kappa shape index (κ2) is 8.55. The van der Waals surface area contributed by atoms with Crippen molar-refractivity contribution in [2.24, 2.45) is 11.8 Å². The second-order valence-corrected chi connectivity index (χ2v) is 7.64. The Hall–Kier alpha value is -0.860. The number of carbonyl (C=O) groups is 1. The third-order valence-electron chi connectivity index (χ3n) is 3.58. The van der Waals surface area contributed by atoms with E-state index in [1.807, 2.05) is 30.3 Å². The number of rotatable bonds is 8. The van der Waals surface area contributed by atoms with E-state index in [1.165, 1.54) is 0 Å². The highest BCUT2D eigenvalue weighted by molar-refractivity contribution is 7.99. The van der Waals surface area contributed by atoms with E-state index in [-0.39, 0.29) is 26.3 Å². The molecule has 116 valence electrons. The summed E-state index contributed by atoms with van der Waals surface area (Å²) in [4.78, 5) is 13.4. The van der Waals surface area contributed by atoms with Gasteiger partial charge in [0.2, 0.25) is 0 Å². The van der Waals surface area contributed by atoms with Crippen molar-refractivity contribution in [2.75, 3.05) is 12.4 Å². The van der Waals surface area contributed by atoms with Crippen LogP contribution in [0.15, 0.2) is 35.2 Å². The first-order chi connectivity index (χ1) is 9.95. The van der Waals surface area contributed by atoms with E-state index in [1.54, 1.807) is 25.6 Å². The Morgan fingerprint density at radius 2 is 1.95 bits per heavy atom. The largest absolute Gasteiger partial charge is 0.465 e. The maximum absolute atomic E-state index is 12.2. The van der Waals surface area contributed by atoms with Crippen molar-refractivity contribution in [3.8, 4) is 0 Å². The normalized spacial score (nSPS) is 15.7. The summed E-state index contributed by atoms with van der Waals surface area (Å²) in [6, 6.07) is 10.0. The Labute approximate surface area is 133 Å². The van der Waals surface area contributed by atoms with Gasteiger partial charge < -0.3 is 4.74 Å². The van der Waals surface area contributed by atoms with Gasteiger partial charge in [0.1, 0.15) is 5.16 Å². The second-order valence-electron chi connectivity index (χ2n) is 5.43. The lowest BCUT2D eigenvalue weighted by atomic mass is 9.85. The molecule has 1 aromatic carbocycles. The van der Waals surface area contributed by atoms with Crippen LogP contribution in [-0.2, 0) is 14.1 Å². The predicted molar refractivity (Wildman–Crippen MR) is 88.1 cm³/mol. The highest BCUT2D eigenvalue weighted by Crippen LogP contribution is 2.40. The zero-order chi connectivity index (χ0) is 15.9. The molecule has 2 atom stereocenters. The fourth-order valence-corrected chi connectivity index (χ4v) is 4.47. The number of esters is 1. The van der Waals surface area contributed by atoms with Gasteiger partial charge in [-0.1, -0.05) is 32.0 Å². The first-order valence-electron chi connectivity index (χ1n) is 7.15. The standard InChI is InChI=1S/C16H23O3PS/c1-5-19-15(17)16(4,20-18)14(12(2)3)11-21-13-9-7-6-8-10-13/h6-10,12,14H,5,11H2,1-4H3. The highest BCUT2D eigenvalue weighted by Gasteiger charge is 2.45. The fourth-order valence-electron chi connectivity index (χ4n) is 2.24. The average Bonchev–Trinajstić information content (AvgIpc) is 2.48. The first-order valence-corrected chi connectivity index (χ1v) is 8.95. The molecule has 0 N–H and O–H groups in total. The van der Waals surface area contributed by atoms with Crippen molar-refractivity contribution in [1.29, 1.82) is 0 Å². The van der Waals surface area contributed by atoms with Crippen LogP contribution in [0.1, 0.15) is 27.7 Å². The third kappa shape index (κ3) is 4.82. The minimum Gasteiger partial charge on any atom is -0.465 e. The monoisotopic (exact) mass is 326 g/mol. The lowest BCUT2D eigenvalue weighted by molar-refractivity contribution is -0.147. The van der Waals surface area contributed by atoms with E-state index in [9.17, 15) is 9.36 Å². The summed E-state index contributed by atoms with van der Waals surface area (Å²) in [7, 11) is -0.176. The minimum atomic E-state index is -0.994. The van der Waals surface area contributed by atoms with E-state index >= 15 is 0 Å². The van der Waals surface area contributed by atoms with Gasteiger partial charge in [0.05, 0.1) is 6.61 Å². The molecule has 5 heteroatoms. The summed E-state index contributed by atoms with van der Waals surface area (Å²) in [5.74, 6) is 0.554. The van der Waals surface area contributed by atoms with Gasteiger partial charge in [-0.15, -0.1) is 11.8 Å². The average molecular weight is 326 g/mol. The molecule has 21 heavy (non-hydrogen) atoms. The van der Waals surface area contributed by atoms with Crippen LogP contribution < -0.4 is 0 Å². The molecule has 2 unspecified atom stereocenters. The molecular formula is C16H23O3PS. The Morgan fingerprint density at radius 1 is 1.33 bits per heavy atom. The SMILES string of the molecule is CCOC(=O)C(C)(P=O)C(CSc1ccccc1)C(C)C. The predicted octanol–water partition coefficient (Wildman–Crippen LogP) is 4.66. The summed E-state index contributed by atoms with van der Waals surface area (Å²) in [6.07, 6.45) is 0. The zero-order valence-electron chi connectivity index (χ0n) is 13.0. The molecule has 3 nitrogen and oxygen atoms in total. The van der Waals surface area contributed by atoms with Gasteiger partial charge in [-0.05, 0) is 37.8 Å². The van der Waals surface area contributed by atoms with Crippen LogP contribution in [0.25, 0.3) is 0 Å². The van der Waals surface area contributed by atoms with Gasteiger partial charge >= 0.3 is 5.97 Å². The molecule has 0 saturated carbocycles. The Balaban J connectivity index is 2.88. The first kappa shape index (κ1) is 18.2.